The van der Waals surface area contributed by atoms with E-state index in [2.05, 4.69) is 15.9 Å². The minimum absolute atomic E-state index is 0.382. The summed E-state index contributed by atoms with van der Waals surface area (Å²) in [5, 5.41) is 9.07. The van der Waals surface area contributed by atoms with Gasteiger partial charge in [0.25, 0.3) is 0 Å². The van der Waals surface area contributed by atoms with Crippen LogP contribution in [0.2, 0.25) is 0 Å². The maximum atomic E-state index is 11.0. The van der Waals surface area contributed by atoms with Crippen molar-refractivity contribution in [2.24, 2.45) is 5.92 Å². The molecule has 0 unspecified atom stereocenters. The number of carbonyl (C=O) groups is 1. The smallest absolute Gasteiger partial charge is 0.352 e. The third-order valence-electron chi connectivity index (χ3n) is 3.59. The van der Waals surface area contributed by atoms with Crippen LogP contribution in [0.3, 0.4) is 0 Å². The molecule has 1 aromatic rings. The average Bonchev–Trinajstić information content (AvgIpc) is 2.69. The summed E-state index contributed by atoms with van der Waals surface area (Å²) < 4.78 is 2.69. The van der Waals surface area contributed by atoms with Crippen molar-refractivity contribution < 1.29 is 9.90 Å². The lowest BCUT2D eigenvalue weighted by atomic mass is 9.87. The topological polar surface area (TPSA) is 42.2 Å². The maximum absolute atomic E-state index is 11.0. The van der Waals surface area contributed by atoms with E-state index in [-0.39, 0.29) is 0 Å². The number of hydrogen-bond acceptors (Lipinski definition) is 1. The molecule has 1 saturated carbocycles. The largest absolute Gasteiger partial charge is 0.477 e. The highest BCUT2D eigenvalue weighted by molar-refractivity contribution is 9.10. The van der Waals surface area contributed by atoms with Crippen molar-refractivity contribution in [3.8, 4) is 0 Å². The Morgan fingerprint density at radius 2 is 2.12 bits per heavy atom. The predicted molar refractivity (Wildman–Crippen MR) is 70.3 cm³/mol. The summed E-state index contributed by atoms with van der Waals surface area (Å²) >= 11 is 3.33. The van der Waals surface area contributed by atoms with Crippen LogP contribution in [-0.2, 0) is 6.54 Å². The van der Waals surface area contributed by atoms with Gasteiger partial charge < -0.3 is 9.67 Å². The second kappa shape index (κ2) is 5.71. The Morgan fingerprint density at radius 3 is 2.76 bits per heavy atom. The van der Waals surface area contributed by atoms with Crippen molar-refractivity contribution >= 4 is 21.9 Å². The molecule has 1 fully saturated rings. The Hall–Kier alpha value is -0.770. The number of aromatic carboxylic acids is 1. The summed E-state index contributed by atoms with van der Waals surface area (Å²) in [5.41, 5.74) is 0.382. The van der Waals surface area contributed by atoms with Crippen LogP contribution in [0.15, 0.2) is 16.7 Å². The zero-order valence-corrected chi connectivity index (χ0v) is 11.4. The number of carboxylic acids is 1. The van der Waals surface area contributed by atoms with Gasteiger partial charge in [-0.05, 0) is 34.3 Å². The van der Waals surface area contributed by atoms with Crippen LogP contribution in [0.4, 0.5) is 0 Å². The summed E-state index contributed by atoms with van der Waals surface area (Å²) in [6.07, 6.45) is 9.63. The Balaban J connectivity index is 1.95. The molecule has 1 aliphatic rings. The fraction of sp³-hybridized carbons (Fsp3) is 0.615. The van der Waals surface area contributed by atoms with Crippen molar-refractivity contribution in [2.45, 2.75) is 45.1 Å². The maximum Gasteiger partial charge on any atom is 0.352 e. The minimum atomic E-state index is -0.848. The van der Waals surface area contributed by atoms with Crippen molar-refractivity contribution in [1.29, 1.82) is 0 Å². The predicted octanol–water partition coefficient (Wildman–Crippen LogP) is 3.92. The van der Waals surface area contributed by atoms with Gasteiger partial charge in [0.15, 0.2) is 0 Å². The normalized spacial score (nSPS) is 17.2. The van der Waals surface area contributed by atoms with Gasteiger partial charge >= 0.3 is 5.97 Å². The second-order valence-electron chi connectivity index (χ2n) is 4.83. The van der Waals surface area contributed by atoms with E-state index >= 15 is 0 Å². The first-order valence-electron chi connectivity index (χ1n) is 6.26. The van der Waals surface area contributed by atoms with E-state index in [1.165, 1.54) is 32.1 Å². The van der Waals surface area contributed by atoms with Crippen LogP contribution in [0.1, 0.15) is 49.0 Å². The van der Waals surface area contributed by atoms with Crippen LogP contribution in [0, 0.1) is 5.92 Å². The summed E-state index contributed by atoms with van der Waals surface area (Å²) in [6, 6.07) is 1.67. The van der Waals surface area contributed by atoms with Gasteiger partial charge in [-0.25, -0.2) is 4.79 Å². The van der Waals surface area contributed by atoms with E-state index in [9.17, 15) is 4.79 Å². The van der Waals surface area contributed by atoms with E-state index in [1.807, 2.05) is 10.8 Å². The molecule has 0 aliphatic heterocycles. The van der Waals surface area contributed by atoms with Gasteiger partial charge in [0.1, 0.15) is 5.69 Å². The molecule has 17 heavy (non-hydrogen) atoms. The van der Waals surface area contributed by atoms with Crippen molar-refractivity contribution in [2.75, 3.05) is 0 Å². The number of aryl methyl sites for hydroxylation is 1. The van der Waals surface area contributed by atoms with Crippen molar-refractivity contribution in [3.05, 3.63) is 22.4 Å². The number of rotatable bonds is 4. The van der Waals surface area contributed by atoms with Gasteiger partial charge in [0.05, 0.1) is 0 Å². The molecule has 1 aliphatic carbocycles. The molecule has 0 aromatic carbocycles. The molecule has 0 spiro atoms. The molecule has 1 aromatic heterocycles. The van der Waals surface area contributed by atoms with Gasteiger partial charge in [-0.15, -0.1) is 0 Å². The Morgan fingerprint density at radius 1 is 1.41 bits per heavy atom. The van der Waals surface area contributed by atoms with Crippen LogP contribution in [0.5, 0.6) is 0 Å². The lowest BCUT2D eigenvalue weighted by Crippen LogP contribution is -2.13. The van der Waals surface area contributed by atoms with Crippen LogP contribution < -0.4 is 0 Å². The molecule has 0 bridgehead atoms. The molecule has 2 rings (SSSR count). The Kier molecular flexibility index (Phi) is 4.26. The highest BCUT2D eigenvalue weighted by Crippen LogP contribution is 2.27. The Labute approximate surface area is 110 Å². The van der Waals surface area contributed by atoms with Gasteiger partial charge in [-0.1, -0.05) is 32.1 Å². The van der Waals surface area contributed by atoms with Crippen LogP contribution in [-0.4, -0.2) is 15.6 Å². The number of halogens is 1. The zero-order chi connectivity index (χ0) is 12.3. The number of carboxylic acid groups (broad SMARTS) is 1. The second-order valence-corrected chi connectivity index (χ2v) is 5.75. The van der Waals surface area contributed by atoms with E-state index in [0.717, 1.165) is 23.4 Å². The summed E-state index contributed by atoms with van der Waals surface area (Å²) in [4.78, 5) is 11.0. The van der Waals surface area contributed by atoms with Gasteiger partial charge in [0.2, 0.25) is 0 Å². The molecular formula is C13H18BrNO2. The number of hydrogen-bond donors (Lipinski definition) is 1. The van der Waals surface area contributed by atoms with E-state index < -0.39 is 5.97 Å². The number of nitrogens with zero attached hydrogens (tertiary/aromatic N) is 1. The molecule has 0 atom stereocenters. The highest BCUT2D eigenvalue weighted by Gasteiger charge is 2.16. The molecule has 0 radical (unpaired) electrons. The van der Waals surface area contributed by atoms with E-state index in [0.29, 0.717) is 5.69 Å². The molecule has 0 amide bonds. The molecule has 4 heteroatoms. The molecule has 3 nitrogen and oxygen atoms in total. The highest BCUT2D eigenvalue weighted by atomic mass is 79.9. The molecular weight excluding hydrogens is 282 g/mol. The Bertz CT molecular complexity index is 394. The van der Waals surface area contributed by atoms with Crippen molar-refractivity contribution in [1.82, 2.24) is 4.57 Å². The molecule has 1 heterocycles. The molecule has 0 saturated heterocycles. The standard InChI is InChI=1S/C13H18BrNO2/c14-11-8-12(13(16)17)15(9-11)7-6-10-4-2-1-3-5-10/h8-10H,1-7H2,(H,16,17). The van der Waals surface area contributed by atoms with Crippen molar-refractivity contribution in [3.63, 3.8) is 0 Å². The summed E-state index contributed by atoms with van der Waals surface area (Å²) in [5.74, 6) is -0.0640. The fourth-order valence-corrected chi connectivity index (χ4v) is 3.10. The fourth-order valence-electron chi connectivity index (χ4n) is 2.64. The first-order valence-corrected chi connectivity index (χ1v) is 7.05. The van der Waals surface area contributed by atoms with E-state index in [1.54, 1.807) is 6.07 Å². The zero-order valence-electron chi connectivity index (χ0n) is 9.86. The molecule has 94 valence electrons. The summed E-state index contributed by atoms with van der Waals surface area (Å²) in [7, 11) is 0. The first-order chi connectivity index (χ1) is 8.16. The van der Waals surface area contributed by atoms with Gasteiger partial charge in [0, 0.05) is 17.2 Å². The SMILES string of the molecule is O=C(O)c1cc(Br)cn1CCC1CCCCC1. The lowest BCUT2D eigenvalue weighted by molar-refractivity contribution is 0.0684. The van der Waals surface area contributed by atoms with E-state index in [4.69, 9.17) is 5.11 Å². The van der Waals surface area contributed by atoms with Gasteiger partial charge in [-0.3, -0.25) is 0 Å². The number of aromatic nitrogens is 1. The third kappa shape index (κ3) is 3.35. The average molecular weight is 300 g/mol. The molecule has 1 N–H and O–H groups in total. The van der Waals surface area contributed by atoms with Crippen LogP contribution in [0.25, 0.3) is 0 Å². The quantitative estimate of drug-likeness (QED) is 0.915. The first kappa shape index (κ1) is 12.7. The lowest BCUT2D eigenvalue weighted by Gasteiger charge is -2.21. The van der Waals surface area contributed by atoms with Gasteiger partial charge in [-0.2, -0.15) is 0 Å². The van der Waals surface area contributed by atoms with Crippen LogP contribution >= 0.6 is 15.9 Å². The monoisotopic (exact) mass is 299 g/mol. The summed E-state index contributed by atoms with van der Waals surface area (Å²) in [6.45, 7) is 0.817. The third-order valence-corrected chi connectivity index (χ3v) is 4.02. The minimum Gasteiger partial charge on any atom is -0.477 e.